The third-order valence-electron chi connectivity index (χ3n) is 3.70. The van der Waals surface area contributed by atoms with E-state index in [0.717, 1.165) is 50.2 Å². The highest BCUT2D eigenvalue weighted by Crippen LogP contribution is 2.27. The van der Waals surface area contributed by atoms with Crippen molar-refractivity contribution in [3.63, 3.8) is 0 Å². The second-order valence-electron chi connectivity index (χ2n) is 5.41. The zero-order valence-electron chi connectivity index (χ0n) is 13.5. The molecule has 3 heteroatoms. The van der Waals surface area contributed by atoms with Crippen molar-refractivity contribution in [2.45, 2.75) is 40.2 Å². The van der Waals surface area contributed by atoms with Crippen molar-refractivity contribution in [1.29, 1.82) is 0 Å². The van der Waals surface area contributed by atoms with Crippen LogP contribution < -0.4 is 10.2 Å². The Hall–Kier alpha value is -1.61. The summed E-state index contributed by atoms with van der Waals surface area (Å²) in [7, 11) is 0. The zero-order valence-corrected chi connectivity index (χ0v) is 13.5. The highest BCUT2D eigenvalue weighted by molar-refractivity contribution is 5.92. The number of para-hydroxylation sites is 1. The van der Waals surface area contributed by atoms with E-state index in [4.69, 9.17) is 4.98 Å². The van der Waals surface area contributed by atoms with Gasteiger partial charge < -0.3 is 10.2 Å². The molecule has 1 heterocycles. The lowest BCUT2D eigenvalue weighted by Gasteiger charge is -2.24. The number of benzene rings is 1. The Bertz CT molecular complexity index is 565. The molecule has 2 aromatic rings. The van der Waals surface area contributed by atoms with Crippen LogP contribution in [0.3, 0.4) is 0 Å². The summed E-state index contributed by atoms with van der Waals surface area (Å²) in [5.74, 6) is 0. The van der Waals surface area contributed by atoms with Gasteiger partial charge in [-0.1, -0.05) is 32.0 Å². The molecule has 0 unspecified atom stereocenters. The molecule has 0 radical (unpaired) electrons. The van der Waals surface area contributed by atoms with Crippen molar-refractivity contribution in [3.8, 4) is 0 Å². The smallest absolute Gasteiger partial charge is 0.0726 e. The first-order valence-corrected chi connectivity index (χ1v) is 8.14. The van der Waals surface area contributed by atoms with Crippen LogP contribution in [-0.4, -0.2) is 24.6 Å². The molecule has 0 fully saturated rings. The summed E-state index contributed by atoms with van der Waals surface area (Å²) < 4.78 is 0. The minimum Gasteiger partial charge on any atom is -0.371 e. The highest BCUT2D eigenvalue weighted by Gasteiger charge is 2.10. The Morgan fingerprint density at radius 1 is 1.10 bits per heavy atom. The van der Waals surface area contributed by atoms with E-state index in [9.17, 15) is 0 Å². The van der Waals surface area contributed by atoms with Gasteiger partial charge in [-0.2, -0.15) is 0 Å². The van der Waals surface area contributed by atoms with Crippen LogP contribution in [0, 0.1) is 0 Å². The predicted molar refractivity (Wildman–Crippen MR) is 91.9 cm³/mol. The minimum atomic E-state index is 0.843. The normalized spacial score (nSPS) is 11.0. The molecule has 0 saturated heterocycles. The minimum absolute atomic E-state index is 0.843. The molecular weight excluding hydrogens is 258 g/mol. The van der Waals surface area contributed by atoms with Gasteiger partial charge in [0.2, 0.25) is 0 Å². The topological polar surface area (TPSA) is 28.2 Å². The molecule has 0 aliphatic rings. The van der Waals surface area contributed by atoms with Crippen LogP contribution in [0.5, 0.6) is 0 Å². The summed E-state index contributed by atoms with van der Waals surface area (Å²) >= 11 is 0. The number of rotatable bonds is 8. The van der Waals surface area contributed by atoms with Gasteiger partial charge in [-0.25, -0.2) is 0 Å². The second kappa shape index (κ2) is 7.99. The van der Waals surface area contributed by atoms with E-state index >= 15 is 0 Å². The van der Waals surface area contributed by atoms with Crippen LogP contribution in [-0.2, 0) is 6.54 Å². The Kier molecular flexibility index (Phi) is 6.00. The Labute approximate surface area is 128 Å². The van der Waals surface area contributed by atoms with Gasteiger partial charge in [0.05, 0.1) is 11.2 Å². The molecule has 0 spiro atoms. The third-order valence-corrected chi connectivity index (χ3v) is 3.70. The van der Waals surface area contributed by atoms with Gasteiger partial charge in [-0.3, -0.25) is 4.98 Å². The standard InChI is InChI=1S/C18H27N3/c1-4-11-19-14-15-13-18(21(6-3)12-5-2)16-9-7-8-10-17(16)20-15/h7-10,13,19H,4-6,11-12,14H2,1-3H3. The number of nitrogens with zero attached hydrogens (tertiary/aromatic N) is 2. The number of pyridine rings is 1. The van der Waals surface area contributed by atoms with Crippen LogP contribution in [0.15, 0.2) is 30.3 Å². The van der Waals surface area contributed by atoms with E-state index < -0.39 is 0 Å². The van der Waals surface area contributed by atoms with Gasteiger partial charge in [0.1, 0.15) is 0 Å². The number of hydrogen-bond donors (Lipinski definition) is 1. The fourth-order valence-electron chi connectivity index (χ4n) is 2.67. The van der Waals surface area contributed by atoms with Crippen LogP contribution in [0.25, 0.3) is 10.9 Å². The quantitative estimate of drug-likeness (QED) is 0.744. The van der Waals surface area contributed by atoms with Crippen molar-refractivity contribution < 1.29 is 0 Å². The van der Waals surface area contributed by atoms with Gasteiger partial charge in [-0.05, 0) is 38.4 Å². The van der Waals surface area contributed by atoms with Crippen molar-refractivity contribution in [3.05, 3.63) is 36.0 Å². The monoisotopic (exact) mass is 285 g/mol. The van der Waals surface area contributed by atoms with Crippen LogP contribution in [0.1, 0.15) is 39.3 Å². The number of aromatic nitrogens is 1. The number of anilines is 1. The average molecular weight is 285 g/mol. The molecule has 1 aromatic heterocycles. The number of nitrogens with one attached hydrogen (secondary N) is 1. The van der Waals surface area contributed by atoms with Crippen LogP contribution in [0.4, 0.5) is 5.69 Å². The molecule has 0 atom stereocenters. The molecule has 0 aliphatic carbocycles. The van der Waals surface area contributed by atoms with Gasteiger partial charge >= 0.3 is 0 Å². The maximum atomic E-state index is 4.80. The molecule has 21 heavy (non-hydrogen) atoms. The first-order chi connectivity index (χ1) is 10.3. The SMILES string of the molecule is CCCNCc1cc(N(CC)CCC)c2ccccc2n1. The van der Waals surface area contributed by atoms with E-state index in [2.05, 4.69) is 61.3 Å². The van der Waals surface area contributed by atoms with E-state index in [-0.39, 0.29) is 0 Å². The summed E-state index contributed by atoms with van der Waals surface area (Å²) in [4.78, 5) is 7.25. The Morgan fingerprint density at radius 2 is 1.90 bits per heavy atom. The Morgan fingerprint density at radius 3 is 2.62 bits per heavy atom. The van der Waals surface area contributed by atoms with Crippen molar-refractivity contribution in [2.75, 3.05) is 24.5 Å². The lowest BCUT2D eigenvalue weighted by atomic mass is 10.1. The molecule has 3 nitrogen and oxygen atoms in total. The Balaban J connectivity index is 2.39. The lowest BCUT2D eigenvalue weighted by molar-refractivity contribution is 0.665. The van der Waals surface area contributed by atoms with Gasteiger partial charge in [0.15, 0.2) is 0 Å². The van der Waals surface area contributed by atoms with E-state index in [1.165, 1.54) is 11.1 Å². The summed E-state index contributed by atoms with van der Waals surface area (Å²) in [6.45, 7) is 10.6. The van der Waals surface area contributed by atoms with Gasteiger partial charge in [0, 0.05) is 30.7 Å². The molecule has 1 aromatic carbocycles. The largest absolute Gasteiger partial charge is 0.371 e. The van der Waals surface area contributed by atoms with E-state index in [1.54, 1.807) is 0 Å². The summed E-state index contributed by atoms with van der Waals surface area (Å²) in [6.07, 6.45) is 2.31. The fourth-order valence-corrected chi connectivity index (χ4v) is 2.67. The van der Waals surface area contributed by atoms with Crippen molar-refractivity contribution >= 4 is 16.6 Å². The van der Waals surface area contributed by atoms with E-state index in [1.807, 2.05) is 0 Å². The number of hydrogen-bond acceptors (Lipinski definition) is 3. The molecule has 114 valence electrons. The lowest BCUT2D eigenvalue weighted by Crippen LogP contribution is -2.24. The maximum Gasteiger partial charge on any atom is 0.0726 e. The first kappa shape index (κ1) is 15.8. The zero-order chi connectivity index (χ0) is 15.1. The van der Waals surface area contributed by atoms with Crippen LogP contribution in [0.2, 0.25) is 0 Å². The predicted octanol–water partition coefficient (Wildman–Crippen LogP) is 3.97. The van der Waals surface area contributed by atoms with Crippen molar-refractivity contribution in [1.82, 2.24) is 10.3 Å². The second-order valence-corrected chi connectivity index (χ2v) is 5.41. The summed E-state index contributed by atoms with van der Waals surface area (Å²) in [6, 6.07) is 10.7. The van der Waals surface area contributed by atoms with E-state index in [0.29, 0.717) is 0 Å². The molecule has 2 rings (SSSR count). The molecule has 0 bridgehead atoms. The molecule has 0 saturated carbocycles. The maximum absolute atomic E-state index is 4.80. The summed E-state index contributed by atoms with van der Waals surface area (Å²) in [5.41, 5.74) is 3.54. The molecule has 0 amide bonds. The van der Waals surface area contributed by atoms with Crippen molar-refractivity contribution in [2.24, 2.45) is 0 Å². The average Bonchev–Trinajstić information content (AvgIpc) is 2.52. The molecule has 1 N–H and O–H groups in total. The molecule has 0 aliphatic heterocycles. The van der Waals surface area contributed by atoms with Gasteiger partial charge in [0.25, 0.3) is 0 Å². The van der Waals surface area contributed by atoms with Gasteiger partial charge in [-0.15, -0.1) is 0 Å². The summed E-state index contributed by atoms with van der Waals surface area (Å²) in [5, 5.41) is 4.71. The third kappa shape index (κ3) is 3.94. The first-order valence-electron chi connectivity index (χ1n) is 8.14. The highest BCUT2D eigenvalue weighted by atomic mass is 15.1. The molecular formula is C18H27N3. The number of fused-ring (bicyclic) bond motifs is 1. The van der Waals surface area contributed by atoms with Crippen LogP contribution >= 0.6 is 0 Å². The fraction of sp³-hybridized carbons (Fsp3) is 0.500.